The highest BCUT2D eigenvalue weighted by atomic mass is 19.4. The number of aliphatic imine (C=N–C) groups is 1. The van der Waals surface area contributed by atoms with Gasteiger partial charge in [-0.1, -0.05) is 18.2 Å². The molecule has 1 aromatic heterocycles. The van der Waals surface area contributed by atoms with E-state index in [0.717, 1.165) is 30.1 Å². The summed E-state index contributed by atoms with van der Waals surface area (Å²) in [6, 6.07) is 15.9. The van der Waals surface area contributed by atoms with Gasteiger partial charge in [0.25, 0.3) is 5.91 Å². The molecule has 0 radical (unpaired) electrons. The maximum atomic E-state index is 12.4. The third-order valence-electron chi connectivity index (χ3n) is 4.81. The second-order valence-electron chi connectivity index (χ2n) is 7.36. The first-order valence-electron chi connectivity index (χ1n) is 10.5. The molecule has 2 aromatic carbocycles. The molecule has 3 aromatic rings. The molecule has 0 aliphatic carbocycles. The summed E-state index contributed by atoms with van der Waals surface area (Å²) in [5, 5.41) is 5.87. The number of pyridine rings is 1. The minimum Gasteiger partial charge on any atom is -0.457 e. The Balaban J connectivity index is 1.32. The molecule has 0 spiro atoms. The number of carbonyl (C=O) groups is 1. The predicted octanol–water partition coefficient (Wildman–Crippen LogP) is 4.09. The summed E-state index contributed by atoms with van der Waals surface area (Å²) in [6.45, 7) is 1.79. The largest absolute Gasteiger partial charge is 0.573 e. The van der Waals surface area contributed by atoms with E-state index < -0.39 is 18.0 Å². The highest BCUT2D eigenvalue weighted by Gasteiger charge is 2.31. The smallest absolute Gasteiger partial charge is 0.457 e. The van der Waals surface area contributed by atoms with Gasteiger partial charge in [0.15, 0.2) is 0 Å². The summed E-state index contributed by atoms with van der Waals surface area (Å²) in [6.07, 6.45) is -2.66. The van der Waals surface area contributed by atoms with Gasteiger partial charge in [0.2, 0.25) is 0 Å². The van der Waals surface area contributed by atoms with Crippen LogP contribution in [0.2, 0.25) is 0 Å². The van der Waals surface area contributed by atoms with Crippen molar-refractivity contribution < 1.29 is 27.4 Å². The Morgan fingerprint density at radius 2 is 1.82 bits per heavy atom. The third kappa shape index (κ3) is 6.47. The number of benzene rings is 2. The van der Waals surface area contributed by atoms with Gasteiger partial charge in [-0.15, -0.1) is 13.2 Å². The van der Waals surface area contributed by atoms with Crippen molar-refractivity contribution in [1.29, 1.82) is 0 Å². The number of rotatable bonds is 8. The molecule has 1 aliphatic rings. The molecular formula is C24H21F3N4O3. The van der Waals surface area contributed by atoms with Crippen molar-refractivity contribution in [3.63, 3.8) is 0 Å². The van der Waals surface area contributed by atoms with Crippen LogP contribution >= 0.6 is 0 Å². The zero-order valence-corrected chi connectivity index (χ0v) is 17.9. The molecular weight excluding hydrogens is 449 g/mol. The monoisotopic (exact) mass is 470 g/mol. The third-order valence-corrected chi connectivity index (χ3v) is 4.81. The number of alkyl halides is 3. The van der Waals surface area contributed by atoms with Crippen molar-refractivity contribution in [3.8, 4) is 17.2 Å². The number of halogens is 3. The van der Waals surface area contributed by atoms with Crippen LogP contribution in [0.1, 0.15) is 21.6 Å². The molecule has 4 rings (SSSR count). The van der Waals surface area contributed by atoms with E-state index in [-0.39, 0.29) is 12.1 Å². The van der Waals surface area contributed by atoms with E-state index in [9.17, 15) is 18.0 Å². The van der Waals surface area contributed by atoms with Crippen LogP contribution in [-0.4, -0.2) is 42.7 Å². The zero-order chi connectivity index (χ0) is 24.0. The first-order chi connectivity index (χ1) is 16.4. The minimum absolute atomic E-state index is 0.0775. The van der Waals surface area contributed by atoms with E-state index in [1.54, 1.807) is 18.3 Å². The number of hydrogen-bond donors (Lipinski definition) is 2. The van der Waals surface area contributed by atoms with Crippen LogP contribution in [0.15, 0.2) is 71.9 Å². The Kier molecular flexibility index (Phi) is 6.95. The fourth-order valence-corrected chi connectivity index (χ4v) is 3.33. The summed E-state index contributed by atoms with van der Waals surface area (Å²) in [7, 11) is 0. The molecule has 0 fully saturated rings. The van der Waals surface area contributed by atoms with Crippen molar-refractivity contribution in [3.05, 3.63) is 83.7 Å². The maximum Gasteiger partial charge on any atom is 0.573 e. The predicted molar refractivity (Wildman–Crippen MR) is 119 cm³/mol. The molecule has 0 saturated carbocycles. The van der Waals surface area contributed by atoms with E-state index in [1.165, 1.54) is 12.1 Å². The molecule has 1 aliphatic heterocycles. The van der Waals surface area contributed by atoms with Gasteiger partial charge in [-0.25, -0.2) is 0 Å². The summed E-state index contributed by atoms with van der Waals surface area (Å²) in [4.78, 5) is 21.0. The van der Waals surface area contributed by atoms with E-state index in [1.807, 2.05) is 24.3 Å². The van der Waals surface area contributed by atoms with Gasteiger partial charge in [0.1, 0.15) is 28.8 Å². The van der Waals surface area contributed by atoms with Crippen LogP contribution in [0.4, 0.5) is 13.2 Å². The molecule has 0 bridgehead atoms. The van der Waals surface area contributed by atoms with Crippen molar-refractivity contribution in [2.75, 3.05) is 19.6 Å². The number of aromatic nitrogens is 1. The average Bonchev–Trinajstić information content (AvgIpc) is 3.34. The quantitative estimate of drug-likeness (QED) is 0.518. The average molecular weight is 470 g/mol. The fraction of sp³-hybridized carbons (Fsp3) is 0.208. The molecule has 176 valence electrons. The summed E-state index contributed by atoms with van der Waals surface area (Å²) >= 11 is 0. The molecule has 10 heteroatoms. The van der Waals surface area contributed by atoms with E-state index in [4.69, 9.17) is 4.74 Å². The molecule has 0 saturated heterocycles. The lowest BCUT2D eigenvalue weighted by Crippen LogP contribution is -2.26. The van der Waals surface area contributed by atoms with Gasteiger partial charge in [0.05, 0.1) is 6.54 Å². The number of nitrogens with one attached hydrogen (secondary N) is 2. The Morgan fingerprint density at radius 1 is 1.03 bits per heavy atom. The highest BCUT2D eigenvalue weighted by Crippen LogP contribution is 2.24. The lowest BCUT2D eigenvalue weighted by atomic mass is 10.1. The topological polar surface area (TPSA) is 84.8 Å². The highest BCUT2D eigenvalue weighted by molar-refractivity contribution is 5.98. The lowest BCUT2D eigenvalue weighted by Gasteiger charge is -2.11. The van der Waals surface area contributed by atoms with E-state index in [2.05, 4.69) is 25.3 Å². The SMILES string of the molecule is O=C(NCCc1cccc(Oc2ccnc(C3=NCCN3)c2)c1)c1cccc(OC(F)(F)F)c1. The zero-order valence-electron chi connectivity index (χ0n) is 17.9. The van der Waals surface area contributed by atoms with Gasteiger partial charge in [0, 0.05) is 30.9 Å². The van der Waals surface area contributed by atoms with Crippen LogP contribution in [0.5, 0.6) is 17.2 Å². The normalized spacial score (nSPS) is 13.1. The number of amidine groups is 1. The lowest BCUT2D eigenvalue weighted by molar-refractivity contribution is -0.274. The second-order valence-corrected chi connectivity index (χ2v) is 7.36. The summed E-state index contributed by atoms with van der Waals surface area (Å²) < 4.78 is 47.0. The molecule has 34 heavy (non-hydrogen) atoms. The first-order valence-corrected chi connectivity index (χ1v) is 10.5. The fourth-order valence-electron chi connectivity index (χ4n) is 3.33. The Labute approximate surface area is 193 Å². The molecule has 0 unspecified atom stereocenters. The molecule has 2 N–H and O–H groups in total. The number of ether oxygens (including phenoxy) is 2. The molecule has 2 heterocycles. The summed E-state index contributed by atoms with van der Waals surface area (Å²) in [5.74, 6) is 1.05. The van der Waals surface area contributed by atoms with Gasteiger partial charge in [-0.05, 0) is 48.4 Å². The van der Waals surface area contributed by atoms with Crippen molar-refractivity contribution in [2.45, 2.75) is 12.8 Å². The van der Waals surface area contributed by atoms with Crippen molar-refractivity contribution in [2.24, 2.45) is 4.99 Å². The van der Waals surface area contributed by atoms with Crippen molar-refractivity contribution in [1.82, 2.24) is 15.6 Å². The van der Waals surface area contributed by atoms with Crippen LogP contribution in [0.25, 0.3) is 0 Å². The first kappa shape index (κ1) is 23.1. The van der Waals surface area contributed by atoms with Crippen LogP contribution < -0.4 is 20.1 Å². The minimum atomic E-state index is -4.82. The maximum absolute atomic E-state index is 12.4. The number of nitrogens with zero attached hydrogens (tertiary/aromatic N) is 2. The standard InChI is InChI=1S/C24H21F3N4O3/c25-24(26,27)34-20-6-2-4-17(14-20)23(32)31-9-7-16-3-1-5-18(13-16)33-19-8-10-28-21(15-19)22-29-11-12-30-22/h1-6,8,10,13-15H,7,9,11-12H2,(H,29,30)(H,31,32). The van der Waals surface area contributed by atoms with Gasteiger partial charge in [-0.2, -0.15) is 0 Å². The Hall–Kier alpha value is -4.08. The number of amides is 1. The van der Waals surface area contributed by atoms with Gasteiger partial charge in [-0.3, -0.25) is 14.8 Å². The van der Waals surface area contributed by atoms with Crippen LogP contribution in [0.3, 0.4) is 0 Å². The van der Waals surface area contributed by atoms with Crippen molar-refractivity contribution >= 4 is 11.7 Å². The number of carbonyl (C=O) groups excluding carboxylic acids is 1. The van der Waals surface area contributed by atoms with Crippen LogP contribution in [0, 0.1) is 0 Å². The van der Waals surface area contributed by atoms with Crippen LogP contribution in [-0.2, 0) is 6.42 Å². The molecule has 0 atom stereocenters. The number of hydrogen-bond acceptors (Lipinski definition) is 6. The van der Waals surface area contributed by atoms with E-state index >= 15 is 0 Å². The summed E-state index contributed by atoms with van der Waals surface area (Å²) in [5.41, 5.74) is 1.70. The molecule has 1 amide bonds. The Bertz CT molecular complexity index is 1200. The van der Waals surface area contributed by atoms with E-state index in [0.29, 0.717) is 30.2 Å². The Morgan fingerprint density at radius 3 is 2.62 bits per heavy atom. The van der Waals surface area contributed by atoms with Gasteiger partial charge >= 0.3 is 6.36 Å². The molecule has 7 nitrogen and oxygen atoms in total. The second kappa shape index (κ2) is 10.2. The van der Waals surface area contributed by atoms with Gasteiger partial charge < -0.3 is 20.1 Å².